The molecule has 0 spiro atoms. The summed E-state index contributed by atoms with van der Waals surface area (Å²) in [4.78, 5) is 0. The minimum atomic E-state index is 1.31. The molecule has 0 saturated carbocycles. The van der Waals surface area contributed by atoms with Gasteiger partial charge >= 0.3 is 0 Å². The predicted octanol–water partition coefficient (Wildman–Crippen LogP) is 9.76. The molecule has 7 aromatic carbocycles. The maximum atomic E-state index is 2.30. The molecule has 0 atom stereocenters. The van der Waals surface area contributed by atoms with Gasteiger partial charge in [-0.25, -0.2) is 0 Å². The molecule has 0 aliphatic heterocycles. The molecule has 0 aliphatic rings. The van der Waals surface area contributed by atoms with Gasteiger partial charge in [-0.3, -0.25) is 0 Å². The molecule has 0 amide bonds. The molecule has 0 fully saturated rings. The van der Waals surface area contributed by atoms with Gasteiger partial charge in [-0.2, -0.15) is 0 Å². The second kappa shape index (κ2) is 8.32. The van der Waals surface area contributed by atoms with Crippen LogP contribution in [0.4, 0.5) is 0 Å². The maximum absolute atomic E-state index is 2.30. The first-order valence-corrected chi connectivity index (χ1v) is 11.9. The number of hydrogen-bond acceptors (Lipinski definition) is 0. The largest absolute Gasteiger partial charge is 0.0616 e. The van der Waals surface area contributed by atoms with Gasteiger partial charge in [0.2, 0.25) is 0 Å². The molecule has 34 heavy (non-hydrogen) atoms. The molecule has 162 valence electrons. The first-order valence-electron chi connectivity index (χ1n) is 11.9. The number of benzene rings is 7. The van der Waals surface area contributed by atoms with Gasteiger partial charge < -0.3 is 0 Å². The third-order valence-corrected chi connectivity index (χ3v) is 6.80. The minimum Gasteiger partial charge on any atom is -0.0616 e. The second-order valence-corrected chi connectivity index (χ2v) is 9.15. The molecule has 0 aliphatic carbocycles. The first kappa shape index (κ1) is 20.4. The van der Waals surface area contributed by atoms with Gasteiger partial charge in [-0.1, -0.05) is 132 Å². The van der Waals surface area contributed by atoms with E-state index in [1.54, 1.807) is 0 Å². The topological polar surface area (TPSA) is 0 Å². The van der Waals surface area contributed by atoms with Crippen molar-refractivity contribution in [1.82, 2.24) is 0 Å². The van der Waals surface area contributed by atoms with Crippen molar-refractivity contribution in [2.24, 2.45) is 0 Å². The summed E-state index contributed by atoms with van der Waals surface area (Å²) in [7, 11) is 0. The zero-order chi connectivity index (χ0) is 23.1. The molecule has 7 rings (SSSR count). The Morgan fingerprint density at radius 1 is 0.294 bits per heavy atom. The fraction of sp³-hybridized carbons (Fsp3) is 0.0588. The van der Waals surface area contributed by atoms with E-state index >= 15 is 0 Å². The van der Waals surface area contributed by atoms with Crippen molar-refractivity contribution in [3.05, 3.63) is 132 Å². The molecule has 0 unspecified atom stereocenters. The summed E-state index contributed by atoms with van der Waals surface area (Å²) in [5, 5.41) is 13.4. The van der Waals surface area contributed by atoms with Crippen LogP contribution in [0.2, 0.25) is 0 Å². The second-order valence-electron chi connectivity index (χ2n) is 9.15. The van der Waals surface area contributed by atoms with Crippen LogP contribution in [-0.2, 0) is 0 Å². The van der Waals surface area contributed by atoms with E-state index in [1.807, 2.05) is 0 Å². The highest BCUT2D eigenvalue weighted by Gasteiger charge is 2.07. The van der Waals surface area contributed by atoms with Crippen molar-refractivity contribution in [3.63, 3.8) is 0 Å². The molecule has 7 aromatic rings. The molecule has 0 saturated heterocycles. The molecular weight excluding hydrogens is 408 g/mol. The Morgan fingerprint density at radius 3 is 1.35 bits per heavy atom. The average molecular weight is 435 g/mol. The summed E-state index contributed by atoms with van der Waals surface area (Å²) >= 11 is 0. The highest BCUT2D eigenvalue weighted by atomic mass is 14.1. The lowest BCUT2D eigenvalue weighted by Crippen LogP contribution is -1.83. The third-order valence-electron chi connectivity index (χ3n) is 6.80. The van der Waals surface area contributed by atoms with Gasteiger partial charge in [-0.05, 0) is 67.7 Å². The van der Waals surface area contributed by atoms with Crippen molar-refractivity contribution in [1.29, 1.82) is 0 Å². The van der Waals surface area contributed by atoms with Crippen LogP contribution in [0.25, 0.3) is 53.9 Å². The van der Waals surface area contributed by atoms with Crippen molar-refractivity contribution in [2.45, 2.75) is 13.8 Å². The SMILES string of the molecule is Cc1ccc2c(ccc3ccccc32)c1.Cc1ccc2c3ccccc3c3ccccc3c2c1. The van der Waals surface area contributed by atoms with Crippen LogP contribution in [0, 0.1) is 13.8 Å². The third kappa shape index (κ3) is 3.49. The quantitative estimate of drug-likeness (QED) is 0.208. The van der Waals surface area contributed by atoms with Crippen LogP contribution in [0.5, 0.6) is 0 Å². The van der Waals surface area contributed by atoms with E-state index in [9.17, 15) is 0 Å². The van der Waals surface area contributed by atoms with E-state index in [0.717, 1.165) is 0 Å². The monoisotopic (exact) mass is 434 g/mol. The number of fused-ring (bicyclic) bond motifs is 9. The maximum Gasteiger partial charge on any atom is -0.00963 e. The van der Waals surface area contributed by atoms with Crippen LogP contribution in [0.3, 0.4) is 0 Å². The fourth-order valence-electron chi connectivity index (χ4n) is 5.15. The Morgan fingerprint density at radius 2 is 0.706 bits per heavy atom. The summed E-state index contributed by atoms with van der Waals surface area (Å²) < 4.78 is 0. The van der Waals surface area contributed by atoms with Crippen molar-refractivity contribution >= 4 is 53.9 Å². The lowest BCUT2D eigenvalue weighted by atomic mass is 9.93. The number of rotatable bonds is 0. The van der Waals surface area contributed by atoms with E-state index in [-0.39, 0.29) is 0 Å². The van der Waals surface area contributed by atoms with Crippen LogP contribution in [-0.4, -0.2) is 0 Å². The zero-order valence-corrected chi connectivity index (χ0v) is 19.5. The van der Waals surface area contributed by atoms with Gasteiger partial charge in [0.25, 0.3) is 0 Å². The van der Waals surface area contributed by atoms with Gasteiger partial charge in [0.15, 0.2) is 0 Å². The smallest absolute Gasteiger partial charge is 0.00963 e. The zero-order valence-electron chi connectivity index (χ0n) is 19.5. The van der Waals surface area contributed by atoms with Crippen LogP contribution in [0.1, 0.15) is 11.1 Å². The van der Waals surface area contributed by atoms with Gasteiger partial charge in [0.1, 0.15) is 0 Å². The van der Waals surface area contributed by atoms with Crippen molar-refractivity contribution < 1.29 is 0 Å². The molecule has 0 aromatic heterocycles. The molecular formula is C34H26. The van der Waals surface area contributed by atoms with E-state index < -0.39 is 0 Å². The van der Waals surface area contributed by atoms with Gasteiger partial charge in [0.05, 0.1) is 0 Å². The summed E-state index contributed by atoms with van der Waals surface area (Å²) in [6.45, 7) is 4.29. The highest BCUT2D eigenvalue weighted by molar-refractivity contribution is 6.25. The summed E-state index contributed by atoms with van der Waals surface area (Å²) in [6, 6.07) is 43.7. The van der Waals surface area contributed by atoms with Crippen LogP contribution < -0.4 is 0 Å². The van der Waals surface area contributed by atoms with Crippen molar-refractivity contribution in [2.75, 3.05) is 0 Å². The summed E-state index contributed by atoms with van der Waals surface area (Å²) in [6.07, 6.45) is 0. The standard InChI is InChI=1S/C19H14.C15H12/c1-13-10-11-18-16-8-3-2-6-14(16)15-7-4-5-9-17(15)19(18)12-13;1-11-6-9-15-13(10-11)8-7-12-4-2-3-5-14(12)15/h2-12H,1H3;2-10H,1H3. The number of hydrogen-bond donors (Lipinski definition) is 0. The number of aryl methyl sites for hydroxylation is 2. The molecule has 0 N–H and O–H groups in total. The molecule has 0 nitrogen and oxygen atoms in total. The van der Waals surface area contributed by atoms with Crippen molar-refractivity contribution in [3.8, 4) is 0 Å². The lowest BCUT2D eigenvalue weighted by Gasteiger charge is -2.10. The van der Waals surface area contributed by atoms with E-state index in [4.69, 9.17) is 0 Å². The van der Waals surface area contributed by atoms with Gasteiger partial charge in [0, 0.05) is 0 Å². The molecule has 0 heteroatoms. The van der Waals surface area contributed by atoms with Crippen LogP contribution in [0.15, 0.2) is 121 Å². The minimum absolute atomic E-state index is 1.31. The molecule has 0 radical (unpaired) electrons. The Labute approximate surface area is 200 Å². The Hall–Kier alpha value is -4.16. The average Bonchev–Trinajstić information content (AvgIpc) is 2.89. The normalized spacial score (nSPS) is 11.2. The molecule has 0 heterocycles. The van der Waals surface area contributed by atoms with Gasteiger partial charge in [-0.15, -0.1) is 0 Å². The van der Waals surface area contributed by atoms with Crippen LogP contribution >= 0.6 is 0 Å². The summed E-state index contributed by atoms with van der Waals surface area (Å²) in [5.41, 5.74) is 2.63. The van der Waals surface area contributed by atoms with E-state index in [1.165, 1.54) is 65.0 Å². The van der Waals surface area contributed by atoms with E-state index in [2.05, 4.69) is 135 Å². The Bertz CT molecular complexity index is 1790. The lowest BCUT2D eigenvalue weighted by molar-refractivity contribution is 1.51. The highest BCUT2D eigenvalue weighted by Crippen LogP contribution is 2.35. The summed E-state index contributed by atoms with van der Waals surface area (Å²) in [5.74, 6) is 0. The molecule has 0 bridgehead atoms. The Kier molecular flexibility index (Phi) is 5.00. The fourth-order valence-corrected chi connectivity index (χ4v) is 5.15. The predicted molar refractivity (Wildman–Crippen MR) is 150 cm³/mol. The Balaban J connectivity index is 0.000000132. The van der Waals surface area contributed by atoms with E-state index in [0.29, 0.717) is 0 Å². The first-order chi connectivity index (χ1) is 16.7.